The largest absolute Gasteiger partial charge is 0.414 e. The molecule has 278 valence electrons. The third-order valence-corrected chi connectivity index (χ3v) is 14.9. The van der Waals surface area contributed by atoms with Gasteiger partial charge in [-0.25, -0.2) is 0 Å². The van der Waals surface area contributed by atoms with Gasteiger partial charge in [-0.05, 0) is 70.0 Å². The topological polar surface area (TPSA) is 64.6 Å². The van der Waals surface area contributed by atoms with Gasteiger partial charge in [0.1, 0.15) is 19.7 Å². The summed E-state index contributed by atoms with van der Waals surface area (Å²) in [5.41, 5.74) is 0. The molecule has 0 bridgehead atoms. The maximum atomic E-state index is 6.79. The molecule has 0 amide bonds. The maximum absolute atomic E-state index is 6.79. The van der Waals surface area contributed by atoms with Gasteiger partial charge in [0.05, 0.1) is 30.5 Å². The van der Waals surface area contributed by atoms with Crippen molar-refractivity contribution in [2.24, 2.45) is 0 Å². The lowest BCUT2D eigenvalue weighted by atomic mass is 10.0. The minimum absolute atomic E-state index is 0.0451. The number of hydrogen-bond acceptors (Lipinski definition) is 7. The van der Waals surface area contributed by atoms with E-state index in [1.165, 1.54) is 51.4 Å². The first-order valence-electron chi connectivity index (χ1n) is 19.1. The van der Waals surface area contributed by atoms with Gasteiger partial charge >= 0.3 is 0 Å². The van der Waals surface area contributed by atoms with Crippen molar-refractivity contribution in [2.75, 3.05) is 27.8 Å². The molecule has 2 aliphatic heterocycles. The van der Waals surface area contributed by atoms with Crippen molar-refractivity contribution in [3.8, 4) is 23.7 Å². The summed E-state index contributed by atoms with van der Waals surface area (Å²) in [5.74, 6) is 13.0. The van der Waals surface area contributed by atoms with Gasteiger partial charge in [0.25, 0.3) is 0 Å². The Kier molecular flexibility index (Phi) is 21.9. The summed E-state index contributed by atoms with van der Waals surface area (Å²) in [7, 11) is 1.45. The predicted molar refractivity (Wildman–Crippen MR) is 198 cm³/mol. The van der Waals surface area contributed by atoms with Crippen LogP contribution in [-0.2, 0) is 32.8 Å². The number of methoxy groups -OCH3 is 2. The first kappa shape index (κ1) is 43.2. The number of ether oxygens (including phenoxy) is 6. The molecule has 48 heavy (non-hydrogen) atoms. The SMILES string of the molecule is CC#CCCC(CCC#CC(OCOC)[C@H]1CC[C@H]([C@H]2CC[C@H]([C@@H](CCCCCCCCCC)OCOC)O2)O1)O[Si](C)(C)C(C)(C)C. The summed E-state index contributed by atoms with van der Waals surface area (Å²) in [4.78, 5) is 0. The highest BCUT2D eigenvalue weighted by molar-refractivity contribution is 6.74. The van der Waals surface area contributed by atoms with E-state index < -0.39 is 8.32 Å². The van der Waals surface area contributed by atoms with Gasteiger partial charge in [-0.3, -0.25) is 0 Å². The van der Waals surface area contributed by atoms with Crippen molar-refractivity contribution in [3.05, 3.63) is 0 Å². The zero-order valence-corrected chi connectivity index (χ0v) is 33.3. The van der Waals surface area contributed by atoms with E-state index in [-0.39, 0.29) is 54.6 Å². The van der Waals surface area contributed by atoms with Crippen molar-refractivity contribution < 1.29 is 32.8 Å². The van der Waals surface area contributed by atoms with Crippen molar-refractivity contribution in [1.82, 2.24) is 0 Å². The fourth-order valence-electron chi connectivity index (χ4n) is 6.44. The summed E-state index contributed by atoms with van der Waals surface area (Å²) in [6, 6.07) is 0. The second kappa shape index (κ2) is 24.3. The van der Waals surface area contributed by atoms with Crippen molar-refractivity contribution >= 4 is 8.32 Å². The van der Waals surface area contributed by atoms with Crippen LogP contribution in [0.1, 0.15) is 144 Å². The van der Waals surface area contributed by atoms with Gasteiger partial charge < -0.3 is 32.8 Å². The highest BCUT2D eigenvalue weighted by Crippen LogP contribution is 2.38. The monoisotopic (exact) mass is 693 g/mol. The lowest BCUT2D eigenvalue weighted by molar-refractivity contribution is -0.150. The van der Waals surface area contributed by atoms with E-state index in [0.717, 1.165) is 57.8 Å². The van der Waals surface area contributed by atoms with Crippen molar-refractivity contribution in [1.29, 1.82) is 0 Å². The van der Waals surface area contributed by atoms with Gasteiger partial charge in [0, 0.05) is 33.2 Å². The van der Waals surface area contributed by atoms with Crippen LogP contribution in [0.5, 0.6) is 0 Å². The zero-order valence-electron chi connectivity index (χ0n) is 32.3. The van der Waals surface area contributed by atoms with Crippen molar-refractivity contribution in [3.63, 3.8) is 0 Å². The normalized spacial score (nSPS) is 23.3. The van der Waals surface area contributed by atoms with E-state index >= 15 is 0 Å². The number of rotatable bonds is 24. The molecular weight excluding hydrogens is 621 g/mol. The molecule has 0 aromatic heterocycles. The van der Waals surface area contributed by atoms with Crippen LogP contribution in [0.25, 0.3) is 0 Å². The average Bonchev–Trinajstić information content (AvgIpc) is 3.73. The van der Waals surface area contributed by atoms with E-state index in [2.05, 4.69) is 64.5 Å². The lowest BCUT2D eigenvalue weighted by Crippen LogP contribution is -2.43. The summed E-state index contributed by atoms with van der Waals surface area (Å²) < 4.78 is 42.8. The standard InChI is InChI=1S/C40H72O7Si/c1-10-12-14-15-16-17-18-20-25-34(43-31-41-6)36-27-29-38(45-36)39-30-28-37(46-39)35(44-32-42-7)26-22-21-24-33(23-19-13-11-2)47-48(8,9)40(3,4)5/h33-39H,10,12,14-21,23-25,27-32H2,1-9H3/t33?,34-,35?,36-,37-,38-,39-/m1/s1. The van der Waals surface area contributed by atoms with Crippen LogP contribution in [0.2, 0.25) is 18.1 Å². The van der Waals surface area contributed by atoms with E-state index in [9.17, 15) is 0 Å². The Morgan fingerprint density at radius 2 is 1.29 bits per heavy atom. The van der Waals surface area contributed by atoms with Gasteiger partial charge in [0.2, 0.25) is 0 Å². The molecule has 8 heteroatoms. The molecule has 0 spiro atoms. The van der Waals surface area contributed by atoms with Gasteiger partial charge in [-0.1, -0.05) is 85.0 Å². The van der Waals surface area contributed by atoms with Crippen LogP contribution in [0.15, 0.2) is 0 Å². The molecule has 0 radical (unpaired) electrons. The quantitative estimate of drug-likeness (QED) is 0.0432. The molecule has 0 saturated carbocycles. The lowest BCUT2D eigenvalue weighted by Gasteiger charge is -2.39. The molecule has 2 heterocycles. The van der Waals surface area contributed by atoms with Crippen LogP contribution in [-0.4, -0.2) is 78.9 Å². The Morgan fingerprint density at radius 3 is 1.90 bits per heavy atom. The minimum atomic E-state index is -1.89. The molecule has 0 aromatic rings. The second-order valence-electron chi connectivity index (χ2n) is 15.3. The molecule has 0 aromatic carbocycles. The van der Waals surface area contributed by atoms with Crippen LogP contribution >= 0.6 is 0 Å². The molecule has 7 atom stereocenters. The first-order chi connectivity index (χ1) is 23.1. The Bertz CT molecular complexity index is 959. The molecule has 0 aliphatic carbocycles. The van der Waals surface area contributed by atoms with E-state index in [0.29, 0.717) is 6.79 Å². The Hall–Kier alpha value is -0.943. The average molecular weight is 693 g/mol. The summed E-state index contributed by atoms with van der Waals surface area (Å²) in [6.07, 6.45) is 18.7. The molecule has 2 unspecified atom stereocenters. The summed E-state index contributed by atoms with van der Waals surface area (Å²) in [5, 5.41) is 0.164. The number of hydrogen-bond donors (Lipinski definition) is 0. The predicted octanol–water partition coefficient (Wildman–Crippen LogP) is 9.57. The number of unbranched alkanes of at least 4 members (excludes halogenated alkanes) is 7. The van der Waals surface area contributed by atoms with E-state index in [4.69, 9.17) is 32.8 Å². The molecule has 7 nitrogen and oxygen atoms in total. The Balaban J connectivity index is 1.91. The molecule has 2 saturated heterocycles. The van der Waals surface area contributed by atoms with Gasteiger partial charge in [-0.2, -0.15) is 0 Å². The Labute approximate surface area is 296 Å². The van der Waals surface area contributed by atoms with Crippen LogP contribution < -0.4 is 0 Å². The molecule has 2 rings (SSSR count). The Morgan fingerprint density at radius 1 is 0.729 bits per heavy atom. The molecular formula is C40H72O7Si. The highest BCUT2D eigenvalue weighted by atomic mass is 28.4. The van der Waals surface area contributed by atoms with Crippen LogP contribution in [0.4, 0.5) is 0 Å². The molecule has 2 fully saturated rings. The summed E-state index contributed by atoms with van der Waals surface area (Å²) in [6.45, 7) is 16.2. The van der Waals surface area contributed by atoms with E-state index in [1.807, 2.05) is 6.92 Å². The maximum Gasteiger partial charge on any atom is 0.192 e. The molecule has 2 aliphatic rings. The van der Waals surface area contributed by atoms with Gasteiger partial charge in [-0.15, -0.1) is 17.8 Å². The third-order valence-electron chi connectivity index (χ3n) is 10.3. The highest BCUT2D eigenvalue weighted by Gasteiger charge is 2.42. The van der Waals surface area contributed by atoms with Crippen LogP contribution in [0.3, 0.4) is 0 Å². The van der Waals surface area contributed by atoms with Crippen LogP contribution in [0, 0.1) is 23.7 Å². The smallest absolute Gasteiger partial charge is 0.192 e. The second-order valence-corrected chi connectivity index (χ2v) is 20.0. The van der Waals surface area contributed by atoms with Crippen molar-refractivity contribution in [2.45, 2.75) is 205 Å². The minimum Gasteiger partial charge on any atom is -0.414 e. The fourth-order valence-corrected chi connectivity index (χ4v) is 7.86. The zero-order chi connectivity index (χ0) is 35.3. The fraction of sp³-hybridized carbons (Fsp3) is 0.900. The third kappa shape index (κ3) is 16.4. The molecule has 0 N–H and O–H groups in total. The van der Waals surface area contributed by atoms with Gasteiger partial charge in [0.15, 0.2) is 8.32 Å². The first-order valence-corrected chi connectivity index (χ1v) is 22.0. The van der Waals surface area contributed by atoms with E-state index in [1.54, 1.807) is 14.2 Å². The summed E-state index contributed by atoms with van der Waals surface area (Å²) >= 11 is 0.